The number of nitrogens with zero attached hydrogens (tertiary/aromatic N) is 2. The molecule has 4 nitrogen and oxygen atoms in total. The number of piperidine rings is 1. The molecule has 0 aromatic rings. The van der Waals surface area contributed by atoms with E-state index in [9.17, 15) is 5.11 Å². The van der Waals surface area contributed by atoms with Gasteiger partial charge in [-0.2, -0.15) is 0 Å². The minimum absolute atomic E-state index is 0. The molecule has 2 N–H and O–H groups in total. The maximum atomic E-state index is 10.6. The van der Waals surface area contributed by atoms with Crippen molar-refractivity contribution in [3.05, 3.63) is 0 Å². The first-order chi connectivity index (χ1) is 10.0. The van der Waals surface area contributed by atoms with Crippen molar-refractivity contribution in [3.63, 3.8) is 0 Å². The van der Waals surface area contributed by atoms with Crippen LogP contribution in [0.25, 0.3) is 0 Å². The van der Waals surface area contributed by atoms with E-state index in [0.717, 1.165) is 63.1 Å². The van der Waals surface area contributed by atoms with E-state index >= 15 is 0 Å². The molecule has 1 aliphatic carbocycles. The average Bonchev–Trinajstić information content (AvgIpc) is 2.43. The van der Waals surface area contributed by atoms with Crippen LogP contribution in [-0.2, 0) is 0 Å². The Bertz CT molecular complexity index is 346. The van der Waals surface area contributed by atoms with Gasteiger partial charge in [0.2, 0.25) is 0 Å². The van der Waals surface area contributed by atoms with Crippen molar-refractivity contribution in [2.75, 3.05) is 26.2 Å². The zero-order chi connectivity index (χ0) is 15.3. The number of rotatable bonds is 3. The SMILES string of the molecule is CCNC(=NCC1(O)CCCCC1)N1CC(C)CC(C)C1.I. The fourth-order valence-electron chi connectivity index (χ4n) is 3.85. The minimum atomic E-state index is -0.564. The van der Waals surface area contributed by atoms with Gasteiger partial charge in [-0.3, -0.25) is 4.99 Å². The number of aliphatic hydroxyl groups is 1. The van der Waals surface area contributed by atoms with Crippen molar-refractivity contribution >= 4 is 29.9 Å². The number of guanidine groups is 1. The molecule has 2 atom stereocenters. The van der Waals surface area contributed by atoms with Gasteiger partial charge < -0.3 is 15.3 Å². The van der Waals surface area contributed by atoms with Crippen LogP contribution >= 0.6 is 24.0 Å². The zero-order valence-electron chi connectivity index (χ0n) is 14.5. The lowest BCUT2D eigenvalue weighted by atomic mass is 9.85. The lowest BCUT2D eigenvalue weighted by Crippen LogP contribution is -2.49. The molecule has 1 aliphatic heterocycles. The fourth-order valence-corrected chi connectivity index (χ4v) is 3.85. The first kappa shape index (κ1) is 20.0. The Morgan fingerprint density at radius 3 is 2.32 bits per heavy atom. The molecule has 5 heteroatoms. The van der Waals surface area contributed by atoms with Crippen LogP contribution in [0, 0.1) is 11.8 Å². The first-order valence-electron chi connectivity index (χ1n) is 8.78. The van der Waals surface area contributed by atoms with Gasteiger partial charge in [-0.1, -0.05) is 33.1 Å². The first-order valence-corrected chi connectivity index (χ1v) is 8.78. The molecule has 0 aromatic heterocycles. The summed E-state index contributed by atoms with van der Waals surface area (Å²) in [7, 11) is 0. The van der Waals surface area contributed by atoms with Crippen molar-refractivity contribution in [2.24, 2.45) is 16.8 Å². The molecule has 0 radical (unpaired) electrons. The molecule has 1 saturated heterocycles. The maximum Gasteiger partial charge on any atom is 0.194 e. The van der Waals surface area contributed by atoms with E-state index in [1.54, 1.807) is 0 Å². The highest BCUT2D eigenvalue weighted by molar-refractivity contribution is 14.0. The molecule has 1 heterocycles. The Labute approximate surface area is 153 Å². The normalized spacial score (nSPS) is 28.9. The quantitative estimate of drug-likeness (QED) is 0.416. The highest BCUT2D eigenvalue weighted by Crippen LogP contribution is 2.28. The second-order valence-electron chi connectivity index (χ2n) is 7.31. The van der Waals surface area contributed by atoms with Crippen LogP contribution < -0.4 is 5.32 Å². The van der Waals surface area contributed by atoms with Gasteiger partial charge >= 0.3 is 0 Å². The summed E-state index contributed by atoms with van der Waals surface area (Å²) in [5.74, 6) is 2.43. The molecule has 22 heavy (non-hydrogen) atoms. The molecule has 0 amide bonds. The summed E-state index contributed by atoms with van der Waals surface area (Å²) >= 11 is 0. The number of likely N-dealkylation sites (tertiary alicyclic amines) is 1. The summed E-state index contributed by atoms with van der Waals surface area (Å²) < 4.78 is 0. The van der Waals surface area contributed by atoms with Crippen molar-refractivity contribution in [1.82, 2.24) is 10.2 Å². The van der Waals surface area contributed by atoms with Gasteiger partial charge in [0.05, 0.1) is 12.1 Å². The molecule has 0 aromatic carbocycles. The molecule has 2 fully saturated rings. The lowest BCUT2D eigenvalue weighted by molar-refractivity contribution is 0.0128. The van der Waals surface area contributed by atoms with E-state index in [1.165, 1.54) is 12.8 Å². The van der Waals surface area contributed by atoms with Crippen molar-refractivity contribution in [3.8, 4) is 0 Å². The summed E-state index contributed by atoms with van der Waals surface area (Å²) in [5.41, 5.74) is -0.564. The fraction of sp³-hybridized carbons (Fsp3) is 0.941. The number of hydrogen-bond donors (Lipinski definition) is 2. The van der Waals surface area contributed by atoms with Gasteiger partial charge in [0.15, 0.2) is 5.96 Å². The third-order valence-electron chi connectivity index (χ3n) is 4.81. The topological polar surface area (TPSA) is 47.9 Å². The zero-order valence-corrected chi connectivity index (χ0v) is 16.8. The third-order valence-corrected chi connectivity index (χ3v) is 4.81. The van der Waals surface area contributed by atoms with Crippen LogP contribution in [0.15, 0.2) is 4.99 Å². The molecule has 2 rings (SSSR count). The summed E-state index contributed by atoms with van der Waals surface area (Å²) in [5, 5.41) is 14.1. The maximum absolute atomic E-state index is 10.6. The van der Waals surface area contributed by atoms with Crippen LogP contribution in [0.3, 0.4) is 0 Å². The summed E-state index contributed by atoms with van der Waals surface area (Å²) in [6.45, 7) is 10.3. The Morgan fingerprint density at radius 1 is 1.18 bits per heavy atom. The van der Waals surface area contributed by atoms with Crippen molar-refractivity contribution < 1.29 is 5.11 Å². The van der Waals surface area contributed by atoms with Crippen LogP contribution in [0.4, 0.5) is 0 Å². The minimum Gasteiger partial charge on any atom is -0.388 e. The molecule has 1 saturated carbocycles. The predicted octanol–water partition coefficient (Wildman–Crippen LogP) is 3.24. The van der Waals surface area contributed by atoms with E-state index in [-0.39, 0.29) is 24.0 Å². The molecule has 0 bridgehead atoms. The van der Waals surface area contributed by atoms with Gasteiger partial charge in [0.25, 0.3) is 0 Å². The molecule has 2 unspecified atom stereocenters. The molecular weight excluding hydrogens is 389 g/mol. The smallest absolute Gasteiger partial charge is 0.194 e. The Hall–Kier alpha value is -0.0400. The van der Waals surface area contributed by atoms with E-state index in [0.29, 0.717) is 6.54 Å². The Balaban J connectivity index is 0.00000242. The van der Waals surface area contributed by atoms with Crippen molar-refractivity contribution in [2.45, 2.75) is 64.9 Å². The van der Waals surface area contributed by atoms with Gasteiger partial charge in [-0.15, -0.1) is 24.0 Å². The average molecular weight is 423 g/mol. The molecule has 0 spiro atoms. The largest absolute Gasteiger partial charge is 0.388 e. The van der Waals surface area contributed by atoms with Crippen LogP contribution in [-0.4, -0.2) is 47.7 Å². The van der Waals surface area contributed by atoms with Crippen molar-refractivity contribution in [1.29, 1.82) is 0 Å². The third kappa shape index (κ3) is 5.87. The van der Waals surface area contributed by atoms with Gasteiger partial charge in [-0.05, 0) is 38.0 Å². The summed E-state index contributed by atoms with van der Waals surface area (Å²) in [4.78, 5) is 7.17. The Kier molecular flexibility index (Phi) is 8.46. The standard InChI is InChI=1S/C17H33N3O.HI/c1-4-18-16(20-11-14(2)10-15(3)12-20)19-13-17(21)8-6-5-7-9-17;/h14-15,21H,4-13H2,1-3H3,(H,18,19);1H. The van der Waals surface area contributed by atoms with E-state index in [1.807, 2.05) is 0 Å². The van der Waals surface area contributed by atoms with E-state index < -0.39 is 5.60 Å². The van der Waals surface area contributed by atoms with Crippen LogP contribution in [0.2, 0.25) is 0 Å². The van der Waals surface area contributed by atoms with Gasteiger partial charge in [0, 0.05) is 19.6 Å². The highest BCUT2D eigenvalue weighted by Gasteiger charge is 2.30. The predicted molar refractivity (Wildman–Crippen MR) is 104 cm³/mol. The number of nitrogens with one attached hydrogen (secondary N) is 1. The van der Waals surface area contributed by atoms with Crippen LogP contribution in [0.5, 0.6) is 0 Å². The van der Waals surface area contributed by atoms with E-state index in [2.05, 4.69) is 31.0 Å². The summed E-state index contributed by atoms with van der Waals surface area (Å²) in [6, 6.07) is 0. The lowest BCUT2D eigenvalue weighted by Gasteiger charge is -2.38. The molecular formula is C17H34IN3O. The monoisotopic (exact) mass is 423 g/mol. The van der Waals surface area contributed by atoms with Gasteiger partial charge in [-0.25, -0.2) is 0 Å². The summed E-state index contributed by atoms with van der Waals surface area (Å²) in [6.07, 6.45) is 6.65. The number of halogens is 1. The number of hydrogen-bond acceptors (Lipinski definition) is 2. The number of aliphatic imine (C=N–C) groups is 1. The molecule has 130 valence electrons. The second-order valence-corrected chi connectivity index (χ2v) is 7.31. The van der Waals surface area contributed by atoms with Crippen LogP contribution in [0.1, 0.15) is 59.3 Å². The van der Waals surface area contributed by atoms with Gasteiger partial charge in [0.1, 0.15) is 0 Å². The highest BCUT2D eigenvalue weighted by atomic mass is 127. The Morgan fingerprint density at radius 2 is 1.77 bits per heavy atom. The van der Waals surface area contributed by atoms with E-state index in [4.69, 9.17) is 4.99 Å². The second kappa shape index (κ2) is 9.30. The molecule has 2 aliphatic rings.